The largest absolute Gasteiger partial charge is 0.309 e. The second-order valence-electron chi connectivity index (χ2n) is 47.2. The first-order valence-corrected chi connectivity index (χ1v) is 53.2. The summed E-state index contributed by atoms with van der Waals surface area (Å²) in [7, 11) is 0. The number of fused-ring (bicyclic) bond motifs is 39. The third kappa shape index (κ3) is 11.7. The number of hydrogen-bond donors (Lipinski definition) is 0. The molecule has 0 spiro atoms. The van der Waals surface area contributed by atoms with Gasteiger partial charge in [0, 0.05) is 103 Å². The van der Waals surface area contributed by atoms with E-state index in [9.17, 15) is 0 Å². The van der Waals surface area contributed by atoms with Crippen LogP contribution in [0.15, 0.2) is 413 Å². The average molecular weight is 1900 g/mol. The number of aromatic nitrogens is 4. The van der Waals surface area contributed by atoms with E-state index in [1.54, 1.807) is 0 Å². The monoisotopic (exact) mass is 1900 g/mol. The van der Waals surface area contributed by atoms with Gasteiger partial charge in [0.1, 0.15) is 0 Å². The molecule has 0 aliphatic heterocycles. The van der Waals surface area contributed by atoms with E-state index in [0.29, 0.717) is 0 Å². The number of benzene rings is 20. The van der Waals surface area contributed by atoms with Crippen molar-refractivity contribution in [3.05, 3.63) is 502 Å². The lowest BCUT2D eigenvalue weighted by atomic mass is 9.80. The van der Waals surface area contributed by atoms with Crippen LogP contribution in [0.4, 0.5) is 0 Å². The molecular formula is C144H116N4. The molecule has 712 valence electrons. The van der Waals surface area contributed by atoms with Gasteiger partial charge in [-0.3, -0.25) is 0 Å². The number of rotatable bonds is 4. The van der Waals surface area contributed by atoms with E-state index in [1.165, 1.54) is 288 Å². The van der Waals surface area contributed by atoms with Crippen molar-refractivity contribution in [2.24, 2.45) is 0 Å². The highest BCUT2D eigenvalue weighted by atomic mass is 15.0. The second-order valence-corrected chi connectivity index (χ2v) is 47.2. The van der Waals surface area contributed by atoms with E-state index in [2.05, 4.69) is 542 Å². The predicted octanol–water partition coefficient (Wildman–Crippen LogP) is 37.6. The van der Waals surface area contributed by atoms with Crippen molar-refractivity contribution in [1.29, 1.82) is 0 Å². The van der Waals surface area contributed by atoms with Crippen molar-refractivity contribution < 1.29 is 0 Å². The van der Waals surface area contributed by atoms with E-state index in [-0.39, 0.29) is 43.3 Å². The molecule has 24 aromatic rings. The van der Waals surface area contributed by atoms with Gasteiger partial charge in [0.25, 0.3) is 0 Å². The Labute approximate surface area is 866 Å². The molecule has 4 heteroatoms. The lowest BCUT2D eigenvalue weighted by Gasteiger charge is -2.25. The van der Waals surface area contributed by atoms with Crippen LogP contribution in [0.5, 0.6) is 0 Å². The van der Waals surface area contributed by atoms with E-state index >= 15 is 0 Å². The highest BCUT2D eigenvalue weighted by Crippen LogP contribution is 2.63. The summed E-state index contributed by atoms with van der Waals surface area (Å²) in [6, 6.07) is 154. The summed E-state index contributed by atoms with van der Waals surface area (Å²) in [6.45, 7) is 38.0. The first-order chi connectivity index (χ1) is 71.6. The fourth-order valence-electron chi connectivity index (χ4n) is 29.7. The predicted molar refractivity (Wildman–Crippen MR) is 624 cm³/mol. The first kappa shape index (κ1) is 88.1. The molecule has 0 saturated heterocycles. The van der Waals surface area contributed by atoms with Gasteiger partial charge >= 0.3 is 0 Å². The van der Waals surface area contributed by atoms with Crippen LogP contribution in [-0.2, 0) is 43.3 Å². The Balaban J connectivity index is 0.0000000930. The number of para-hydroxylation sites is 4. The van der Waals surface area contributed by atoms with Gasteiger partial charge in [0.15, 0.2) is 0 Å². The van der Waals surface area contributed by atoms with Crippen molar-refractivity contribution >= 4 is 87.2 Å². The molecule has 0 unspecified atom stereocenters. The molecule has 8 aliphatic carbocycles. The molecule has 0 amide bonds. The van der Waals surface area contributed by atoms with Crippen LogP contribution in [0.25, 0.3) is 199 Å². The van der Waals surface area contributed by atoms with Crippen LogP contribution in [0.1, 0.15) is 200 Å². The van der Waals surface area contributed by atoms with E-state index < -0.39 is 0 Å². The van der Waals surface area contributed by atoms with Gasteiger partial charge in [-0.05, 0) is 257 Å². The molecule has 0 N–H and O–H groups in total. The Bertz CT molecular complexity index is 9970. The Morgan fingerprint density at radius 3 is 0.899 bits per heavy atom. The zero-order valence-corrected chi connectivity index (χ0v) is 87.0. The molecule has 4 aromatic heterocycles. The Morgan fingerprint density at radius 2 is 0.432 bits per heavy atom. The third-order valence-electron chi connectivity index (χ3n) is 36.7. The highest BCUT2D eigenvalue weighted by molar-refractivity contribution is 6.21. The number of nitrogens with zero attached hydrogens (tertiary/aromatic N) is 4. The van der Waals surface area contributed by atoms with Gasteiger partial charge < -0.3 is 18.3 Å². The maximum absolute atomic E-state index is 2.54. The standard InChI is InChI=1S/4C36H29N/c1-35(2)27-17-9-6-13-24(27)32-28(35)20-21-30-33(32)25-14-7-10-18-29(25)37(30)31-19-11-15-23-22-12-5-8-16-26(22)36(3,4)34(23)31;1-35(2)27-16-8-5-12-22(27)24-15-11-19-31(33(24)35)37-29-18-10-7-14-26(29)32-30(37)21-20-25-23-13-6-9-17-28(23)36(3,4)34(25)32;1-35(2)29-15-9-6-13-27(29)33-30(35)20-19-26-25-12-7-10-16-32(25)37(34(26)33)22-17-18-24-23-11-5-8-14-28(23)36(3,4)31(24)21-22;1-35(2)29-14-8-5-11-23(29)25-18-17-22(19-31(25)35)37-33-16-10-7-13-26(33)28-20-27-24-12-6-9-15-30(24)36(3,4)32(27)21-34(28)37/h4*5-21H,1-4H3. The second kappa shape index (κ2) is 30.6. The maximum Gasteiger partial charge on any atom is 0.0622 e. The normalized spacial score (nSPS) is 16.0. The summed E-state index contributed by atoms with van der Waals surface area (Å²) in [6.07, 6.45) is 0. The fourth-order valence-corrected chi connectivity index (χ4v) is 29.7. The van der Waals surface area contributed by atoms with Crippen molar-refractivity contribution in [1.82, 2.24) is 18.3 Å². The Morgan fingerprint density at radius 1 is 0.142 bits per heavy atom. The van der Waals surface area contributed by atoms with Crippen LogP contribution in [0.2, 0.25) is 0 Å². The summed E-state index contributed by atoms with van der Waals surface area (Å²) in [5.41, 5.74) is 59.6. The van der Waals surface area contributed by atoms with Gasteiger partial charge in [-0.1, -0.05) is 438 Å². The molecule has 0 bridgehead atoms. The minimum Gasteiger partial charge on any atom is -0.309 e. The summed E-state index contributed by atoms with van der Waals surface area (Å²) in [4.78, 5) is 0. The molecule has 0 saturated carbocycles. The molecule has 4 nitrogen and oxygen atoms in total. The minimum absolute atomic E-state index is 0.0129. The van der Waals surface area contributed by atoms with Gasteiger partial charge in [-0.2, -0.15) is 0 Å². The SMILES string of the molecule is CC1(C)c2ccccc2-c2c1ccc1c2c2ccccc2n1-c1cccc2c1C(C)(C)c1ccccc1-2.CC1(C)c2ccccc2-c2ccc(-n3c4ccccc4c4cc5c(cc43)C(C)(C)c3ccccc3-5)cc21.CC1(C)c2ccccc2-c2ccc(-n3c4ccccc4c4ccc5c(c43)-c3ccccc3C5(C)C)cc21.CC1(C)c2ccccc2-c2cccc(-n3c4ccccc4c4c5c(ccc43)-c3ccccc3C5(C)C)c21. The summed E-state index contributed by atoms with van der Waals surface area (Å²) >= 11 is 0. The van der Waals surface area contributed by atoms with Crippen molar-refractivity contribution in [2.45, 2.75) is 154 Å². The van der Waals surface area contributed by atoms with Gasteiger partial charge in [0.2, 0.25) is 0 Å². The fraction of sp³-hybridized carbons (Fsp3) is 0.167. The van der Waals surface area contributed by atoms with Gasteiger partial charge in [-0.25, -0.2) is 0 Å². The topological polar surface area (TPSA) is 19.7 Å². The lowest BCUT2D eigenvalue weighted by Crippen LogP contribution is -2.18. The van der Waals surface area contributed by atoms with Crippen molar-refractivity contribution in [3.8, 4) is 112 Å². The Hall–Kier alpha value is -16.4. The summed E-state index contributed by atoms with van der Waals surface area (Å²) < 4.78 is 10.1. The molecule has 148 heavy (non-hydrogen) atoms. The molecule has 32 rings (SSSR count). The van der Waals surface area contributed by atoms with Crippen molar-refractivity contribution in [3.63, 3.8) is 0 Å². The number of hydrogen-bond acceptors (Lipinski definition) is 0. The van der Waals surface area contributed by atoms with Crippen LogP contribution >= 0.6 is 0 Å². The van der Waals surface area contributed by atoms with Gasteiger partial charge in [0.05, 0.1) is 55.5 Å². The van der Waals surface area contributed by atoms with E-state index in [0.717, 1.165) is 0 Å². The zero-order chi connectivity index (χ0) is 100. The maximum atomic E-state index is 2.54. The van der Waals surface area contributed by atoms with Crippen LogP contribution < -0.4 is 0 Å². The van der Waals surface area contributed by atoms with E-state index in [1.807, 2.05) is 0 Å². The van der Waals surface area contributed by atoms with E-state index in [4.69, 9.17) is 0 Å². The smallest absolute Gasteiger partial charge is 0.0622 e. The average Bonchev–Trinajstić information content (AvgIpc) is 1.52. The molecule has 0 atom stereocenters. The third-order valence-corrected chi connectivity index (χ3v) is 36.7. The Kier molecular flexibility index (Phi) is 18.2. The highest BCUT2D eigenvalue weighted by Gasteiger charge is 2.47. The van der Waals surface area contributed by atoms with Crippen molar-refractivity contribution in [2.75, 3.05) is 0 Å². The quantitative estimate of drug-likeness (QED) is 0.167. The molecule has 20 aromatic carbocycles. The van der Waals surface area contributed by atoms with Crippen LogP contribution in [0, 0.1) is 0 Å². The molecule has 0 fully saturated rings. The zero-order valence-electron chi connectivity index (χ0n) is 87.0. The molecule has 4 heterocycles. The van der Waals surface area contributed by atoms with Gasteiger partial charge in [-0.15, -0.1) is 0 Å². The molecular weight excluding hydrogens is 1790 g/mol. The minimum atomic E-state index is -0.0778. The first-order valence-electron chi connectivity index (χ1n) is 53.2. The van der Waals surface area contributed by atoms with Crippen LogP contribution in [0.3, 0.4) is 0 Å². The molecule has 0 radical (unpaired) electrons. The summed E-state index contributed by atoms with van der Waals surface area (Å²) in [5, 5.41) is 10.7. The van der Waals surface area contributed by atoms with Crippen LogP contribution in [-0.4, -0.2) is 18.3 Å². The lowest BCUT2D eigenvalue weighted by molar-refractivity contribution is 0.656. The molecule has 8 aliphatic rings. The summed E-state index contributed by atoms with van der Waals surface area (Å²) in [5.74, 6) is 0.